The van der Waals surface area contributed by atoms with E-state index < -0.39 is 0 Å². The summed E-state index contributed by atoms with van der Waals surface area (Å²) in [5.41, 5.74) is 1.64. The second kappa shape index (κ2) is 5.84. The summed E-state index contributed by atoms with van der Waals surface area (Å²) in [6.07, 6.45) is 4.96. The molecule has 3 heterocycles. The van der Waals surface area contributed by atoms with Gasteiger partial charge in [-0.3, -0.25) is 4.98 Å². The standard InChI is InChI=1S/C14H16N6O/c1-10(12-4-2-3-5-15-12)19-13-11-8-18-20(6-7-21)14(11)17-9-16-13/h2-5,8-10,21H,6-7H2,1H3,(H,16,17,19). The third-order valence-corrected chi connectivity index (χ3v) is 3.23. The molecule has 1 atom stereocenters. The molecule has 7 nitrogen and oxygen atoms in total. The summed E-state index contributed by atoms with van der Waals surface area (Å²) in [4.78, 5) is 12.8. The number of aliphatic hydroxyl groups is 1. The number of nitrogens with zero attached hydrogens (tertiary/aromatic N) is 5. The van der Waals surface area contributed by atoms with Crippen molar-refractivity contribution in [2.24, 2.45) is 0 Å². The van der Waals surface area contributed by atoms with E-state index in [4.69, 9.17) is 5.11 Å². The molecule has 0 spiro atoms. The topological polar surface area (TPSA) is 88.8 Å². The van der Waals surface area contributed by atoms with E-state index in [9.17, 15) is 0 Å². The van der Waals surface area contributed by atoms with Crippen molar-refractivity contribution in [3.63, 3.8) is 0 Å². The number of aliphatic hydroxyl groups excluding tert-OH is 1. The molecule has 3 aromatic rings. The van der Waals surface area contributed by atoms with Crippen molar-refractivity contribution >= 4 is 16.9 Å². The normalized spacial score (nSPS) is 12.5. The molecular weight excluding hydrogens is 268 g/mol. The zero-order valence-corrected chi connectivity index (χ0v) is 11.6. The first-order valence-electron chi connectivity index (χ1n) is 6.74. The molecule has 0 saturated heterocycles. The van der Waals surface area contributed by atoms with Gasteiger partial charge in [-0.2, -0.15) is 5.10 Å². The molecule has 0 aliphatic rings. The van der Waals surface area contributed by atoms with E-state index in [1.807, 2.05) is 25.1 Å². The summed E-state index contributed by atoms with van der Waals surface area (Å²) < 4.78 is 1.66. The van der Waals surface area contributed by atoms with Crippen molar-refractivity contribution < 1.29 is 5.11 Å². The molecule has 21 heavy (non-hydrogen) atoms. The Bertz CT molecular complexity index is 727. The smallest absolute Gasteiger partial charge is 0.163 e. The number of fused-ring (bicyclic) bond motifs is 1. The van der Waals surface area contributed by atoms with Crippen LogP contribution in [0.1, 0.15) is 18.7 Å². The number of hydrogen-bond acceptors (Lipinski definition) is 6. The average Bonchev–Trinajstić information content (AvgIpc) is 2.93. The number of anilines is 1. The molecule has 0 fully saturated rings. The van der Waals surface area contributed by atoms with E-state index in [-0.39, 0.29) is 12.6 Å². The lowest BCUT2D eigenvalue weighted by Gasteiger charge is -2.14. The molecule has 0 aromatic carbocycles. The summed E-state index contributed by atoms with van der Waals surface area (Å²) in [5.74, 6) is 0.711. The van der Waals surface area contributed by atoms with Crippen LogP contribution in [0.25, 0.3) is 11.0 Å². The molecule has 3 aromatic heterocycles. The highest BCUT2D eigenvalue weighted by Gasteiger charge is 2.12. The highest BCUT2D eigenvalue weighted by Crippen LogP contribution is 2.22. The van der Waals surface area contributed by atoms with Crippen LogP contribution in [0.4, 0.5) is 5.82 Å². The Balaban J connectivity index is 1.90. The summed E-state index contributed by atoms with van der Waals surface area (Å²) in [7, 11) is 0. The van der Waals surface area contributed by atoms with Crippen LogP contribution in [0.15, 0.2) is 36.9 Å². The molecule has 0 radical (unpaired) electrons. The average molecular weight is 284 g/mol. The summed E-state index contributed by atoms with van der Waals surface area (Å²) in [5, 5.41) is 17.4. The third kappa shape index (κ3) is 2.68. The SMILES string of the molecule is CC(Nc1ncnc2c1cnn2CCO)c1ccccn1. The van der Waals surface area contributed by atoms with E-state index >= 15 is 0 Å². The molecule has 2 N–H and O–H groups in total. The van der Waals surface area contributed by atoms with Gasteiger partial charge in [0.25, 0.3) is 0 Å². The Morgan fingerprint density at radius 1 is 1.29 bits per heavy atom. The zero-order chi connectivity index (χ0) is 14.7. The molecule has 1 unspecified atom stereocenters. The first kappa shape index (κ1) is 13.4. The van der Waals surface area contributed by atoms with Crippen LogP contribution >= 0.6 is 0 Å². The molecule has 0 bridgehead atoms. The molecule has 0 aliphatic carbocycles. The second-order valence-electron chi connectivity index (χ2n) is 4.67. The predicted molar refractivity (Wildman–Crippen MR) is 78.7 cm³/mol. The summed E-state index contributed by atoms with van der Waals surface area (Å²) >= 11 is 0. The maximum atomic E-state index is 9.03. The van der Waals surface area contributed by atoms with Gasteiger partial charge in [0, 0.05) is 6.20 Å². The number of aromatic nitrogens is 5. The van der Waals surface area contributed by atoms with Gasteiger partial charge < -0.3 is 10.4 Å². The molecule has 3 rings (SSSR count). The number of pyridine rings is 1. The maximum absolute atomic E-state index is 9.03. The molecule has 0 amide bonds. The monoisotopic (exact) mass is 284 g/mol. The summed E-state index contributed by atoms with van der Waals surface area (Å²) in [6.45, 7) is 2.46. The Hall–Kier alpha value is -2.54. The van der Waals surface area contributed by atoms with Crippen molar-refractivity contribution in [2.45, 2.75) is 19.5 Å². The van der Waals surface area contributed by atoms with Gasteiger partial charge in [-0.05, 0) is 19.1 Å². The fraction of sp³-hybridized carbons (Fsp3) is 0.286. The van der Waals surface area contributed by atoms with Gasteiger partial charge in [-0.15, -0.1) is 0 Å². The highest BCUT2D eigenvalue weighted by molar-refractivity contribution is 5.86. The number of hydrogen-bond donors (Lipinski definition) is 2. The minimum atomic E-state index is 0.0190. The third-order valence-electron chi connectivity index (χ3n) is 3.23. The van der Waals surface area contributed by atoms with E-state index in [2.05, 4.69) is 25.4 Å². The lowest BCUT2D eigenvalue weighted by atomic mass is 10.2. The van der Waals surface area contributed by atoms with E-state index in [1.54, 1.807) is 17.1 Å². The number of rotatable bonds is 5. The fourth-order valence-electron chi connectivity index (χ4n) is 2.18. The van der Waals surface area contributed by atoms with Crippen LogP contribution in [-0.4, -0.2) is 36.4 Å². The minimum Gasteiger partial charge on any atom is -0.394 e. The molecule has 0 aliphatic heterocycles. The van der Waals surface area contributed by atoms with Gasteiger partial charge in [-0.25, -0.2) is 14.6 Å². The van der Waals surface area contributed by atoms with Crippen LogP contribution < -0.4 is 5.32 Å². The molecule has 108 valence electrons. The lowest BCUT2D eigenvalue weighted by Crippen LogP contribution is -2.10. The van der Waals surface area contributed by atoms with E-state index in [1.165, 1.54) is 6.33 Å². The van der Waals surface area contributed by atoms with Crippen molar-refractivity contribution in [2.75, 3.05) is 11.9 Å². The van der Waals surface area contributed by atoms with Crippen LogP contribution in [0.3, 0.4) is 0 Å². The molecule has 7 heteroatoms. The Kier molecular flexibility index (Phi) is 3.74. The first-order valence-corrected chi connectivity index (χ1v) is 6.74. The van der Waals surface area contributed by atoms with Crippen LogP contribution in [0.2, 0.25) is 0 Å². The number of nitrogens with one attached hydrogen (secondary N) is 1. The molecular formula is C14H16N6O. The van der Waals surface area contributed by atoms with Crippen LogP contribution in [-0.2, 0) is 6.54 Å². The van der Waals surface area contributed by atoms with E-state index in [0.29, 0.717) is 18.0 Å². The Morgan fingerprint density at radius 2 is 2.19 bits per heavy atom. The van der Waals surface area contributed by atoms with Crippen LogP contribution in [0.5, 0.6) is 0 Å². The van der Waals surface area contributed by atoms with Gasteiger partial charge >= 0.3 is 0 Å². The first-order chi connectivity index (χ1) is 10.3. The van der Waals surface area contributed by atoms with Crippen molar-refractivity contribution in [1.29, 1.82) is 0 Å². The van der Waals surface area contributed by atoms with E-state index in [0.717, 1.165) is 11.1 Å². The van der Waals surface area contributed by atoms with Crippen LogP contribution in [0, 0.1) is 0 Å². The Morgan fingerprint density at radius 3 is 2.95 bits per heavy atom. The lowest BCUT2D eigenvalue weighted by molar-refractivity contribution is 0.271. The van der Waals surface area contributed by atoms with Gasteiger partial charge in [0.15, 0.2) is 5.65 Å². The van der Waals surface area contributed by atoms with Gasteiger partial charge in [0.1, 0.15) is 12.1 Å². The predicted octanol–water partition coefficient (Wildman–Crippen LogP) is 1.39. The second-order valence-corrected chi connectivity index (χ2v) is 4.67. The zero-order valence-electron chi connectivity index (χ0n) is 11.6. The van der Waals surface area contributed by atoms with Gasteiger partial charge in [0.2, 0.25) is 0 Å². The summed E-state index contributed by atoms with van der Waals surface area (Å²) in [6, 6.07) is 5.82. The van der Waals surface area contributed by atoms with Gasteiger partial charge in [0.05, 0.1) is 36.5 Å². The van der Waals surface area contributed by atoms with Crippen molar-refractivity contribution in [3.05, 3.63) is 42.6 Å². The minimum absolute atomic E-state index is 0.0190. The largest absolute Gasteiger partial charge is 0.394 e. The quantitative estimate of drug-likeness (QED) is 0.736. The highest BCUT2D eigenvalue weighted by atomic mass is 16.3. The Labute approximate surface area is 121 Å². The van der Waals surface area contributed by atoms with Crippen molar-refractivity contribution in [3.8, 4) is 0 Å². The van der Waals surface area contributed by atoms with Gasteiger partial charge in [-0.1, -0.05) is 6.07 Å². The fourth-order valence-corrected chi connectivity index (χ4v) is 2.18. The maximum Gasteiger partial charge on any atom is 0.163 e. The molecule has 0 saturated carbocycles. The van der Waals surface area contributed by atoms with Crippen molar-refractivity contribution in [1.82, 2.24) is 24.7 Å².